The van der Waals surface area contributed by atoms with Crippen molar-refractivity contribution >= 4 is 88.6 Å². The molecule has 312 valence electrons. The second-order valence-corrected chi connectivity index (χ2v) is 22.8. The van der Waals surface area contributed by atoms with Crippen LogP contribution in [0.4, 0.5) is 5.95 Å². The lowest BCUT2D eigenvalue weighted by atomic mass is 10.1. The summed E-state index contributed by atoms with van der Waals surface area (Å²) < 4.78 is 71.9. The number of hydrogen-bond donors (Lipinski definition) is 6. The Bertz CT molecular complexity index is 1920. The fourth-order valence-electron chi connectivity index (χ4n) is 4.56. The smallest absolute Gasteiger partial charge is 0.466 e. The molecule has 0 radical (unpaired) electrons. The summed E-state index contributed by atoms with van der Waals surface area (Å²) in [4.78, 5) is 68.9. The number of ether oxygens (including phenoxy) is 4. The molecular formula is C28H45N4O16P3S4. The summed E-state index contributed by atoms with van der Waals surface area (Å²) in [5.74, 6) is 5.76. The van der Waals surface area contributed by atoms with Gasteiger partial charge < -0.3 is 48.8 Å². The largest absolute Gasteiger partial charge is 0.490 e. The molecule has 1 aliphatic rings. The Morgan fingerprint density at radius 3 is 2.58 bits per heavy atom. The summed E-state index contributed by atoms with van der Waals surface area (Å²) in [5.41, 5.74) is 5.53. The topological polar surface area (TPSA) is 291 Å². The van der Waals surface area contributed by atoms with Crippen LogP contribution in [0.25, 0.3) is 11.0 Å². The minimum absolute atomic E-state index is 0.00868. The maximum atomic E-state index is 13.0. The molecule has 1 saturated heterocycles. The number of nitrogen functional groups attached to an aromatic ring is 1. The van der Waals surface area contributed by atoms with Gasteiger partial charge in [0.25, 0.3) is 5.56 Å². The number of aromatic amines is 1. The third kappa shape index (κ3) is 17.3. The lowest BCUT2D eigenvalue weighted by molar-refractivity contribution is -0.143. The zero-order chi connectivity index (χ0) is 41.0. The number of H-pyrrole nitrogens is 1. The van der Waals surface area contributed by atoms with Crippen LogP contribution >= 0.6 is 45.1 Å². The van der Waals surface area contributed by atoms with Crippen molar-refractivity contribution in [1.82, 2.24) is 14.5 Å². The highest BCUT2D eigenvalue weighted by Gasteiger charge is 2.44. The first-order chi connectivity index (χ1) is 25.6. The van der Waals surface area contributed by atoms with Crippen LogP contribution in [-0.4, -0.2) is 95.0 Å². The number of phosphoric acid groups is 3. The molecule has 3 unspecified atom stereocenters. The molecule has 3 rings (SSSR count). The van der Waals surface area contributed by atoms with Crippen LogP contribution in [0.5, 0.6) is 0 Å². The van der Waals surface area contributed by atoms with E-state index in [2.05, 4.69) is 51.2 Å². The van der Waals surface area contributed by atoms with Gasteiger partial charge >= 0.3 is 29.4 Å². The van der Waals surface area contributed by atoms with E-state index in [1.54, 1.807) is 27.8 Å². The van der Waals surface area contributed by atoms with Gasteiger partial charge in [-0.1, -0.05) is 49.8 Å². The third-order valence-corrected chi connectivity index (χ3v) is 15.0. The normalized spacial score (nSPS) is 20.4. The number of nitrogens with one attached hydrogen (secondary N) is 1. The van der Waals surface area contributed by atoms with E-state index in [1.165, 1.54) is 10.8 Å². The molecule has 55 heavy (non-hydrogen) atoms. The van der Waals surface area contributed by atoms with Crippen molar-refractivity contribution in [2.75, 3.05) is 43.7 Å². The fourth-order valence-corrected chi connectivity index (χ4v) is 10.5. The van der Waals surface area contributed by atoms with E-state index < -0.39 is 69.5 Å². The molecule has 1 fully saturated rings. The average Bonchev–Trinajstić information content (AvgIpc) is 3.63. The summed E-state index contributed by atoms with van der Waals surface area (Å²) in [5, 5.41) is 0.0657. The predicted molar refractivity (Wildman–Crippen MR) is 210 cm³/mol. The van der Waals surface area contributed by atoms with Crippen LogP contribution < -0.4 is 11.3 Å². The number of nitrogens with zero attached hydrogens (tertiary/aromatic N) is 2. The summed E-state index contributed by atoms with van der Waals surface area (Å²) in [7, 11) is -14.0. The number of unbranched alkanes of at least 4 members (excludes halogenated alkanes) is 1. The van der Waals surface area contributed by atoms with E-state index in [-0.39, 0.29) is 59.1 Å². The Labute approximate surface area is 332 Å². The second-order valence-electron chi connectivity index (χ2n) is 12.3. The molecule has 0 bridgehead atoms. The molecule has 0 spiro atoms. The van der Waals surface area contributed by atoms with E-state index in [0.29, 0.717) is 19.0 Å². The quantitative estimate of drug-likeness (QED) is 0.0229. The molecule has 2 aromatic heterocycles. The van der Waals surface area contributed by atoms with Gasteiger partial charge in [0.2, 0.25) is 5.95 Å². The number of carbonyl (C=O) groups is 1. The highest BCUT2D eigenvalue weighted by molar-refractivity contribution is 8.77. The molecule has 20 nitrogen and oxygen atoms in total. The van der Waals surface area contributed by atoms with Crippen LogP contribution in [0.2, 0.25) is 0 Å². The molecule has 27 heteroatoms. The van der Waals surface area contributed by atoms with Gasteiger partial charge in [0, 0.05) is 30.4 Å². The number of hydrogen-bond acceptors (Lipinski definition) is 17. The van der Waals surface area contributed by atoms with Crippen LogP contribution in [0.15, 0.2) is 11.0 Å². The van der Waals surface area contributed by atoms with E-state index >= 15 is 0 Å². The Morgan fingerprint density at radius 1 is 1.20 bits per heavy atom. The Kier molecular flexibility index (Phi) is 19.0. The molecule has 1 aliphatic heterocycles. The van der Waals surface area contributed by atoms with Gasteiger partial charge in [-0.05, 0) is 50.6 Å². The minimum atomic E-state index is -5.75. The number of fused-ring (bicyclic) bond motifs is 1. The van der Waals surface area contributed by atoms with E-state index in [4.69, 9.17) is 50.2 Å². The van der Waals surface area contributed by atoms with Crippen molar-refractivity contribution < 1.29 is 70.2 Å². The third-order valence-electron chi connectivity index (χ3n) is 7.35. The van der Waals surface area contributed by atoms with E-state index in [1.807, 2.05) is 0 Å². The molecule has 7 N–H and O–H groups in total. The molecule has 0 amide bonds. The van der Waals surface area contributed by atoms with Crippen molar-refractivity contribution in [2.24, 2.45) is 0 Å². The molecule has 0 aromatic carbocycles. The maximum Gasteiger partial charge on any atom is 0.490 e. The lowest BCUT2D eigenvalue weighted by Gasteiger charge is -2.21. The molecular weight excluding hydrogens is 870 g/mol. The van der Waals surface area contributed by atoms with Crippen molar-refractivity contribution in [2.45, 2.75) is 82.5 Å². The number of aromatic nitrogens is 3. The number of carbonyl (C=O) groups excluding carboxylic acids is 1. The van der Waals surface area contributed by atoms with Crippen LogP contribution in [-0.2, 0) is 71.2 Å². The van der Waals surface area contributed by atoms with Gasteiger partial charge in [-0.3, -0.25) is 19.1 Å². The zero-order valence-corrected chi connectivity index (χ0v) is 36.2. The summed E-state index contributed by atoms with van der Waals surface area (Å²) in [6, 6.07) is 0. The van der Waals surface area contributed by atoms with Gasteiger partial charge in [0.1, 0.15) is 18.3 Å². The number of rotatable bonds is 23. The summed E-state index contributed by atoms with van der Waals surface area (Å²) in [6.45, 7) is 6.53. The first kappa shape index (κ1) is 48.2. The monoisotopic (exact) mass is 914 g/mol. The van der Waals surface area contributed by atoms with Crippen LogP contribution in [0.1, 0.15) is 71.1 Å². The minimum Gasteiger partial charge on any atom is -0.466 e. The van der Waals surface area contributed by atoms with Gasteiger partial charge in [0.05, 0.1) is 42.6 Å². The van der Waals surface area contributed by atoms with Crippen LogP contribution in [0.3, 0.4) is 0 Å². The number of nitrogens with two attached hydrogens (primary N) is 1. The fraction of sp³-hybridized carbons (Fsp3) is 0.679. The van der Waals surface area contributed by atoms with E-state index in [0.717, 1.165) is 12.8 Å². The standard InChI is InChI=1S/C28H45N4O16P3S4/c1-5-28(2,3)54-53-17-42-12-8-9-13-43-23(33)11-7-6-10-19-15-32(25-24(19)26(34)31-27(29)30-25)22-14-20(44-18-55(4)52)21(46-22)16-45-50(38,39)48-51(40,41)47-49(35,36)37/h15,20-22H,5,7-9,11-14,16-18H2,1-4H3,(H,38,39)(H,40,41)(H2,35,36,37)(H3,29,30,31,34)/t20-,21+,22+,55?/m0/s1. The highest BCUT2D eigenvalue weighted by Crippen LogP contribution is 2.66. The number of esters is 1. The van der Waals surface area contributed by atoms with Gasteiger partial charge in [-0.25, -0.2) is 13.7 Å². The molecule has 3 heterocycles. The maximum absolute atomic E-state index is 13.0. The Morgan fingerprint density at radius 2 is 1.91 bits per heavy atom. The molecule has 0 aliphatic carbocycles. The molecule has 6 atom stereocenters. The van der Waals surface area contributed by atoms with Crippen molar-refractivity contribution in [3.05, 3.63) is 22.1 Å². The van der Waals surface area contributed by atoms with Crippen molar-refractivity contribution in [3.63, 3.8) is 0 Å². The first-order valence-corrected chi connectivity index (χ1v) is 26.0. The molecule has 2 aromatic rings. The van der Waals surface area contributed by atoms with E-state index in [9.17, 15) is 33.1 Å². The van der Waals surface area contributed by atoms with Gasteiger partial charge in [-0.2, -0.15) is 13.6 Å². The number of phosphoric ester groups is 1. The first-order valence-electron chi connectivity index (χ1n) is 16.4. The van der Waals surface area contributed by atoms with Crippen molar-refractivity contribution in [3.8, 4) is 11.8 Å². The average molecular weight is 915 g/mol. The van der Waals surface area contributed by atoms with Crippen LogP contribution in [0, 0.1) is 11.8 Å². The number of anilines is 1. The summed E-state index contributed by atoms with van der Waals surface area (Å²) >= 11 is 5.20. The Hall–Kier alpha value is -1.19. The van der Waals surface area contributed by atoms with Gasteiger partial charge in [0.15, 0.2) is 5.65 Å². The molecule has 0 saturated carbocycles. The van der Waals surface area contributed by atoms with Crippen molar-refractivity contribution in [1.29, 1.82) is 0 Å². The predicted octanol–water partition coefficient (Wildman–Crippen LogP) is 3.99. The Balaban J connectivity index is 1.63. The lowest BCUT2D eigenvalue weighted by Crippen LogP contribution is -2.29. The second kappa shape index (κ2) is 21.7. The SMILES string of the molecule is CCC(C)(C)SSCOCCCCOC(=O)CCC#Cc1cn([C@H]2C[C@H](OCS(C)=S)[C@@H](COP(=O)(O)OP(=O)(O)OP(=O)(O)O)O2)c2nc(N)[nH]c(=O)c12. The highest BCUT2D eigenvalue weighted by atomic mass is 33.1. The zero-order valence-electron chi connectivity index (χ0n) is 30.2. The van der Waals surface area contributed by atoms with Gasteiger partial charge in [-0.15, -0.1) is 0 Å². The summed E-state index contributed by atoms with van der Waals surface area (Å²) in [6.07, 6.45) is 2.86.